The Kier molecular flexibility index (Phi) is 4.88. The van der Waals surface area contributed by atoms with Crippen molar-refractivity contribution in [2.24, 2.45) is 5.92 Å². The maximum Gasteiger partial charge on any atom is 0.338 e. The molecule has 20 heavy (non-hydrogen) atoms. The van der Waals surface area contributed by atoms with Crippen LogP contribution in [0.15, 0.2) is 60.7 Å². The quantitative estimate of drug-likeness (QED) is 0.873. The number of aliphatic carboxylic acids is 1. The van der Waals surface area contributed by atoms with Crippen LogP contribution in [0.4, 0.5) is 4.39 Å². The number of rotatable bonds is 6. The van der Waals surface area contributed by atoms with Gasteiger partial charge in [-0.1, -0.05) is 60.7 Å². The number of hydrogen-bond donors (Lipinski definition) is 1. The van der Waals surface area contributed by atoms with Crippen LogP contribution in [-0.2, 0) is 17.6 Å². The van der Waals surface area contributed by atoms with Crippen molar-refractivity contribution in [2.75, 3.05) is 0 Å². The van der Waals surface area contributed by atoms with E-state index in [1.807, 2.05) is 60.7 Å². The number of carboxylic acid groups (broad SMARTS) is 1. The van der Waals surface area contributed by atoms with Gasteiger partial charge in [-0.15, -0.1) is 0 Å². The van der Waals surface area contributed by atoms with Crippen LogP contribution in [-0.4, -0.2) is 17.2 Å². The molecule has 1 unspecified atom stereocenters. The van der Waals surface area contributed by atoms with Crippen LogP contribution >= 0.6 is 0 Å². The van der Waals surface area contributed by atoms with Crippen molar-refractivity contribution in [1.82, 2.24) is 0 Å². The van der Waals surface area contributed by atoms with Crippen molar-refractivity contribution in [3.63, 3.8) is 0 Å². The Morgan fingerprint density at radius 1 is 0.900 bits per heavy atom. The van der Waals surface area contributed by atoms with Gasteiger partial charge in [-0.05, 0) is 24.0 Å². The van der Waals surface area contributed by atoms with Crippen LogP contribution in [0.1, 0.15) is 11.1 Å². The summed E-state index contributed by atoms with van der Waals surface area (Å²) < 4.78 is 14.0. The summed E-state index contributed by atoms with van der Waals surface area (Å²) in [6.45, 7) is 0. The number of carbonyl (C=O) groups is 1. The maximum atomic E-state index is 14.0. The van der Waals surface area contributed by atoms with E-state index in [1.165, 1.54) is 0 Å². The molecule has 0 saturated carbocycles. The van der Waals surface area contributed by atoms with Gasteiger partial charge in [0.05, 0.1) is 0 Å². The molecule has 2 aromatic rings. The van der Waals surface area contributed by atoms with Crippen LogP contribution < -0.4 is 0 Å². The van der Waals surface area contributed by atoms with Gasteiger partial charge in [-0.3, -0.25) is 0 Å². The number of halogens is 1. The Labute approximate surface area is 117 Å². The second-order valence-corrected chi connectivity index (χ2v) is 4.88. The minimum Gasteiger partial charge on any atom is -0.479 e. The summed E-state index contributed by atoms with van der Waals surface area (Å²) >= 11 is 0. The molecule has 0 aromatic heterocycles. The van der Waals surface area contributed by atoms with Gasteiger partial charge in [0.15, 0.2) is 0 Å². The first-order valence-electron chi connectivity index (χ1n) is 6.61. The third-order valence-corrected chi connectivity index (χ3v) is 3.33. The molecule has 2 nitrogen and oxygen atoms in total. The van der Waals surface area contributed by atoms with E-state index in [4.69, 9.17) is 5.11 Å². The fourth-order valence-corrected chi connectivity index (χ4v) is 2.31. The molecular weight excluding hydrogens is 255 g/mol. The van der Waals surface area contributed by atoms with Crippen LogP contribution in [0.3, 0.4) is 0 Å². The predicted octanol–water partition coefficient (Wildman–Crippen LogP) is 3.51. The zero-order valence-corrected chi connectivity index (χ0v) is 11.1. The van der Waals surface area contributed by atoms with E-state index in [2.05, 4.69) is 0 Å². The molecule has 0 aliphatic heterocycles. The van der Waals surface area contributed by atoms with E-state index in [-0.39, 0.29) is 0 Å². The van der Waals surface area contributed by atoms with Gasteiger partial charge in [-0.25, -0.2) is 9.18 Å². The predicted molar refractivity (Wildman–Crippen MR) is 76.3 cm³/mol. The minimum absolute atomic E-state index is 0.420. The number of alkyl halides is 1. The lowest BCUT2D eigenvalue weighted by molar-refractivity contribution is -0.144. The molecule has 0 bridgehead atoms. The summed E-state index contributed by atoms with van der Waals surface area (Å²) in [6, 6.07) is 18.9. The highest BCUT2D eigenvalue weighted by atomic mass is 19.1. The normalized spacial score (nSPS) is 12.3. The summed E-state index contributed by atoms with van der Waals surface area (Å²) in [4.78, 5) is 10.9. The second kappa shape index (κ2) is 6.85. The van der Waals surface area contributed by atoms with E-state index in [1.54, 1.807) is 0 Å². The van der Waals surface area contributed by atoms with Gasteiger partial charge >= 0.3 is 5.97 Å². The Bertz CT molecular complexity index is 498. The Morgan fingerprint density at radius 2 is 1.30 bits per heavy atom. The van der Waals surface area contributed by atoms with Gasteiger partial charge in [-0.2, -0.15) is 0 Å². The second-order valence-electron chi connectivity index (χ2n) is 4.88. The summed E-state index contributed by atoms with van der Waals surface area (Å²) in [5.41, 5.74) is 1.91. The van der Waals surface area contributed by atoms with Crippen LogP contribution in [0.25, 0.3) is 0 Å². The fourth-order valence-electron chi connectivity index (χ4n) is 2.31. The molecule has 0 amide bonds. The first-order chi connectivity index (χ1) is 9.66. The highest BCUT2D eigenvalue weighted by molar-refractivity contribution is 5.72. The Hall–Kier alpha value is -2.16. The molecular formula is C17H17FO2. The lowest BCUT2D eigenvalue weighted by Crippen LogP contribution is -2.28. The standard InChI is InChI=1S/C17H17FO2/c18-16(17(19)20)15(11-13-7-3-1-4-8-13)12-14-9-5-2-6-10-14/h1-10,15-16H,11-12H2,(H,19,20). The Balaban J connectivity index is 2.14. The van der Waals surface area contributed by atoms with Crippen molar-refractivity contribution in [2.45, 2.75) is 19.0 Å². The van der Waals surface area contributed by atoms with E-state index >= 15 is 0 Å². The molecule has 0 aliphatic carbocycles. The highest BCUT2D eigenvalue weighted by Gasteiger charge is 2.28. The Morgan fingerprint density at radius 3 is 1.65 bits per heavy atom. The molecule has 3 heteroatoms. The van der Waals surface area contributed by atoms with Gasteiger partial charge < -0.3 is 5.11 Å². The maximum absolute atomic E-state index is 14.0. The summed E-state index contributed by atoms with van der Waals surface area (Å²) in [5.74, 6) is -1.95. The smallest absolute Gasteiger partial charge is 0.338 e. The van der Waals surface area contributed by atoms with Crippen molar-refractivity contribution < 1.29 is 14.3 Å². The zero-order chi connectivity index (χ0) is 14.4. The van der Waals surface area contributed by atoms with Crippen LogP contribution in [0, 0.1) is 5.92 Å². The molecule has 0 aliphatic rings. The van der Waals surface area contributed by atoms with Crippen molar-refractivity contribution in [3.05, 3.63) is 71.8 Å². The molecule has 0 fully saturated rings. The molecule has 104 valence electrons. The van der Waals surface area contributed by atoms with E-state index in [0.29, 0.717) is 12.8 Å². The van der Waals surface area contributed by atoms with Crippen molar-refractivity contribution in [3.8, 4) is 0 Å². The van der Waals surface area contributed by atoms with Crippen LogP contribution in [0.2, 0.25) is 0 Å². The summed E-state index contributed by atoms with van der Waals surface area (Å²) in [6.07, 6.45) is -1.01. The molecule has 2 rings (SSSR count). The number of benzene rings is 2. The SMILES string of the molecule is O=C(O)C(F)C(Cc1ccccc1)Cc1ccccc1. The lowest BCUT2D eigenvalue weighted by atomic mass is 9.89. The van der Waals surface area contributed by atoms with E-state index in [0.717, 1.165) is 11.1 Å². The molecule has 1 atom stereocenters. The van der Waals surface area contributed by atoms with Crippen molar-refractivity contribution >= 4 is 5.97 Å². The summed E-state index contributed by atoms with van der Waals surface area (Å²) in [5, 5.41) is 8.93. The molecule has 0 saturated heterocycles. The molecule has 2 aromatic carbocycles. The average Bonchev–Trinajstić information content (AvgIpc) is 2.48. The third-order valence-electron chi connectivity index (χ3n) is 3.33. The fraction of sp³-hybridized carbons (Fsp3) is 0.235. The topological polar surface area (TPSA) is 37.3 Å². The van der Waals surface area contributed by atoms with Crippen molar-refractivity contribution in [1.29, 1.82) is 0 Å². The number of carboxylic acids is 1. The van der Waals surface area contributed by atoms with Gasteiger partial charge in [0, 0.05) is 5.92 Å². The monoisotopic (exact) mass is 272 g/mol. The first kappa shape index (κ1) is 14.3. The van der Waals surface area contributed by atoms with Gasteiger partial charge in [0.25, 0.3) is 0 Å². The van der Waals surface area contributed by atoms with E-state index < -0.39 is 18.1 Å². The number of hydrogen-bond acceptors (Lipinski definition) is 1. The summed E-state index contributed by atoms with van der Waals surface area (Å²) in [7, 11) is 0. The van der Waals surface area contributed by atoms with Gasteiger partial charge in [0.2, 0.25) is 6.17 Å². The minimum atomic E-state index is -1.85. The molecule has 1 N–H and O–H groups in total. The zero-order valence-electron chi connectivity index (χ0n) is 11.1. The van der Waals surface area contributed by atoms with Gasteiger partial charge in [0.1, 0.15) is 0 Å². The molecule has 0 heterocycles. The average molecular weight is 272 g/mol. The highest BCUT2D eigenvalue weighted by Crippen LogP contribution is 2.20. The lowest BCUT2D eigenvalue weighted by Gasteiger charge is -2.18. The molecule has 0 spiro atoms. The molecule has 0 radical (unpaired) electrons. The largest absolute Gasteiger partial charge is 0.479 e. The van der Waals surface area contributed by atoms with E-state index in [9.17, 15) is 9.18 Å². The van der Waals surface area contributed by atoms with Crippen LogP contribution in [0.5, 0.6) is 0 Å². The third kappa shape index (κ3) is 3.92. The first-order valence-corrected chi connectivity index (χ1v) is 6.61.